The molecule has 0 heterocycles. The van der Waals surface area contributed by atoms with Crippen molar-refractivity contribution in [2.75, 3.05) is 11.1 Å². The van der Waals surface area contributed by atoms with Crippen molar-refractivity contribution in [1.82, 2.24) is 0 Å². The van der Waals surface area contributed by atoms with Gasteiger partial charge in [0.05, 0.1) is 5.75 Å². The molecule has 0 bridgehead atoms. The molecule has 2 rings (SSSR count). The Morgan fingerprint density at radius 3 is 2.80 bits per heavy atom. The smallest absolute Gasteiger partial charge is 0.234 e. The molecule has 0 unspecified atom stereocenters. The van der Waals surface area contributed by atoms with Crippen molar-refractivity contribution in [3.8, 4) is 5.75 Å². The lowest BCUT2D eigenvalue weighted by molar-refractivity contribution is -0.113. The van der Waals surface area contributed by atoms with Gasteiger partial charge in [-0.1, -0.05) is 23.7 Å². The molecule has 20 heavy (non-hydrogen) atoms. The van der Waals surface area contributed by atoms with Gasteiger partial charge in [-0.2, -0.15) is 0 Å². The molecular weight excluding hydrogens is 294 g/mol. The molecule has 5 heteroatoms. The number of anilines is 1. The van der Waals surface area contributed by atoms with Crippen LogP contribution in [0, 0.1) is 6.92 Å². The van der Waals surface area contributed by atoms with Gasteiger partial charge in [-0.3, -0.25) is 4.79 Å². The van der Waals surface area contributed by atoms with Crippen LogP contribution >= 0.6 is 23.4 Å². The van der Waals surface area contributed by atoms with E-state index >= 15 is 0 Å². The first-order chi connectivity index (χ1) is 9.54. The Morgan fingerprint density at radius 2 is 2.10 bits per heavy atom. The Hall–Kier alpha value is -1.65. The van der Waals surface area contributed by atoms with Crippen molar-refractivity contribution < 1.29 is 9.90 Å². The van der Waals surface area contributed by atoms with Gasteiger partial charge < -0.3 is 10.4 Å². The number of rotatable bonds is 4. The van der Waals surface area contributed by atoms with Crippen LogP contribution in [0.3, 0.4) is 0 Å². The van der Waals surface area contributed by atoms with E-state index in [1.807, 2.05) is 25.1 Å². The fourth-order valence-electron chi connectivity index (χ4n) is 1.59. The Balaban J connectivity index is 1.91. The maximum Gasteiger partial charge on any atom is 0.234 e. The summed E-state index contributed by atoms with van der Waals surface area (Å²) >= 11 is 7.37. The van der Waals surface area contributed by atoms with Gasteiger partial charge in [0, 0.05) is 15.6 Å². The van der Waals surface area contributed by atoms with Crippen LogP contribution in [0.5, 0.6) is 5.75 Å². The maximum absolute atomic E-state index is 11.8. The fraction of sp³-hybridized carbons (Fsp3) is 0.133. The number of phenolic OH excluding ortho intramolecular Hbond substituents is 1. The predicted octanol–water partition coefficient (Wildman–Crippen LogP) is 4.08. The van der Waals surface area contributed by atoms with Gasteiger partial charge in [0.25, 0.3) is 0 Å². The molecule has 0 saturated heterocycles. The third kappa shape index (κ3) is 4.18. The molecule has 0 fully saturated rings. The van der Waals surface area contributed by atoms with Crippen molar-refractivity contribution in [2.24, 2.45) is 0 Å². The first-order valence-electron chi connectivity index (χ1n) is 6.02. The Labute approximate surface area is 127 Å². The van der Waals surface area contributed by atoms with E-state index in [4.69, 9.17) is 11.6 Å². The molecule has 0 spiro atoms. The SMILES string of the molecule is Cc1ccc(NC(=O)CSc2cccc(O)c2)cc1Cl. The molecule has 2 aromatic carbocycles. The Kier molecular flexibility index (Phi) is 4.93. The molecule has 3 nitrogen and oxygen atoms in total. The summed E-state index contributed by atoms with van der Waals surface area (Å²) in [6, 6.07) is 12.2. The van der Waals surface area contributed by atoms with Gasteiger partial charge >= 0.3 is 0 Å². The third-order valence-corrected chi connectivity index (χ3v) is 4.04. The average Bonchev–Trinajstić information content (AvgIpc) is 2.41. The van der Waals surface area contributed by atoms with E-state index in [1.165, 1.54) is 11.8 Å². The second kappa shape index (κ2) is 6.68. The average molecular weight is 308 g/mol. The van der Waals surface area contributed by atoms with E-state index in [1.54, 1.807) is 24.3 Å². The standard InChI is InChI=1S/C15H14ClNO2S/c1-10-5-6-11(7-14(10)16)17-15(19)9-20-13-4-2-3-12(18)8-13/h2-8,18H,9H2,1H3,(H,17,19). The second-order valence-electron chi connectivity index (χ2n) is 4.30. The van der Waals surface area contributed by atoms with Crippen molar-refractivity contribution in [3.63, 3.8) is 0 Å². The number of amides is 1. The van der Waals surface area contributed by atoms with Gasteiger partial charge in [-0.05, 0) is 42.8 Å². The second-order valence-corrected chi connectivity index (χ2v) is 5.75. The summed E-state index contributed by atoms with van der Waals surface area (Å²) < 4.78 is 0. The number of nitrogens with one attached hydrogen (secondary N) is 1. The molecule has 0 aliphatic heterocycles. The molecule has 104 valence electrons. The minimum atomic E-state index is -0.113. The normalized spacial score (nSPS) is 10.3. The highest BCUT2D eigenvalue weighted by molar-refractivity contribution is 8.00. The number of phenols is 1. The molecule has 0 aromatic heterocycles. The zero-order chi connectivity index (χ0) is 14.5. The lowest BCUT2D eigenvalue weighted by Crippen LogP contribution is -2.13. The van der Waals surface area contributed by atoms with E-state index in [0.29, 0.717) is 10.7 Å². The quantitative estimate of drug-likeness (QED) is 0.837. The zero-order valence-corrected chi connectivity index (χ0v) is 12.5. The fourth-order valence-corrected chi connectivity index (χ4v) is 2.52. The van der Waals surface area contributed by atoms with Crippen LogP contribution in [0.1, 0.15) is 5.56 Å². The highest BCUT2D eigenvalue weighted by Gasteiger charge is 2.05. The van der Waals surface area contributed by atoms with Gasteiger partial charge in [0.15, 0.2) is 0 Å². The minimum Gasteiger partial charge on any atom is -0.508 e. The molecule has 0 radical (unpaired) electrons. The van der Waals surface area contributed by atoms with Crippen LogP contribution in [-0.4, -0.2) is 16.8 Å². The number of aromatic hydroxyl groups is 1. The topological polar surface area (TPSA) is 49.3 Å². The first kappa shape index (κ1) is 14.8. The first-order valence-corrected chi connectivity index (χ1v) is 7.39. The van der Waals surface area contributed by atoms with Crippen LogP contribution in [0.2, 0.25) is 5.02 Å². The molecule has 0 atom stereocenters. The molecular formula is C15H14ClNO2S. The molecule has 1 amide bonds. The van der Waals surface area contributed by atoms with Gasteiger partial charge in [0.2, 0.25) is 5.91 Å². The number of hydrogen-bond donors (Lipinski definition) is 2. The van der Waals surface area contributed by atoms with Crippen molar-refractivity contribution in [1.29, 1.82) is 0 Å². The lowest BCUT2D eigenvalue weighted by Gasteiger charge is -2.07. The number of benzene rings is 2. The zero-order valence-electron chi connectivity index (χ0n) is 10.9. The molecule has 0 aliphatic rings. The number of thioether (sulfide) groups is 1. The van der Waals surface area contributed by atoms with Crippen molar-refractivity contribution in [2.45, 2.75) is 11.8 Å². The predicted molar refractivity (Wildman–Crippen MR) is 83.6 cm³/mol. The summed E-state index contributed by atoms with van der Waals surface area (Å²) in [6.07, 6.45) is 0. The van der Waals surface area contributed by atoms with Crippen LogP contribution in [0.15, 0.2) is 47.4 Å². The van der Waals surface area contributed by atoms with Crippen molar-refractivity contribution in [3.05, 3.63) is 53.1 Å². The van der Waals surface area contributed by atoms with E-state index in [9.17, 15) is 9.90 Å². The Morgan fingerprint density at radius 1 is 1.30 bits per heavy atom. The van der Waals surface area contributed by atoms with E-state index in [2.05, 4.69) is 5.32 Å². The molecule has 2 N–H and O–H groups in total. The monoisotopic (exact) mass is 307 g/mol. The Bertz CT molecular complexity index is 631. The molecule has 0 aliphatic carbocycles. The summed E-state index contributed by atoms with van der Waals surface area (Å²) in [5.41, 5.74) is 1.65. The summed E-state index contributed by atoms with van der Waals surface area (Å²) in [7, 11) is 0. The summed E-state index contributed by atoms with van der Waals surface area (Å²) in [5, 5.41) is 12.8. The van der Waals surface area contributed by atoms with Gasteiger partial charge in [-0.25, -0.2) is 0 Å². The highest BCUT2D eigenvalue weighted by Crippen LogP contribution is 2.23. The van der Waals surface area contributed by atoms with Crippen LogP contribution in [0.25, 0.3) is 0 Å². The number of carbonyl (C=O) groups excluding carboxylic acids is 1. The number of aryl methyl sites for hydroxylation is 1. The third-order valence-electron chi connectivity index (χ3n) is 2.64. The summed E-state index contributed by atoms with van der Waals surface area (Å²) in [4.78, 5) is 12.7. The summed E-state index contributed by atoms with van der Waals surface area (Å²) in [6.45, 7) is 1.91. The van der Waals surface area contributed by atoms with Crippen molar-refractivity contribution >= 4 is 35.0 Å². The molecule has 2 aromatic rings. The maximum atomic E-state index is 11.8. The lowest BCUT2D eigenvalue weighted by atomic mass is 10.2. The number of hydrogen-bond acceptors (Lipinski definition) is 3. The largest absolute Gasteiger partial charge is 0.508 e. The minimum absolute atomic E-state index is 0.113. The van der Waals surface area contributed by atoms with Gasteiger partial charge in [0.1, 0.15) is 5.75 Å². The van der Waals surface area contributed by atoms with Gasteiger partial charge in [-0.15, -0.1) is 11.8 Å². The highest BCUT2D eigenvalue weighted by atomic mass is 35.5. The number of carbonyl (C=O) groups is 1. The van der Waals surface area contributed by atoms with E-state index < -0.39 is 0 Å². The van der Waals surface area contributed by atoms with E-state index in [0.717, 1.165) is 10.5 Å². The van der Waals surface area contributed by atoms with Crippen LogP contribution in [-0.2, 0) is 4.79 Å². The van der Waals surface area contributed by atoms with Crippen LogP contribution in [0.4, 0.5) is 5.69 Å². The summed E-state index contributed by atoms with van der Waals surface area (Å²) in [5.74, 6) is 0.355. The van der Waals surface area contributed by atoms with Crippen LogP contribution < -0.4 is 5.32 Å². The number of halogens is 1. The molecule has 0 saturated carbocycles. The van der Waals surface area contributed by atoms with E-state index in [-0.39, 0.29) is 17.4 Å².